The molecule has 2 aliphatic rings. The lowest BCUT2D eigenvalue weighted by Gasteiger charge is -2.20. The lowest BCUT2D eigenvalue weighted by atomic mass is 10.2. The van der Waals surface area contributed by atoms with Gasteiger partial charge in [-0.05, 0) is 36.4 Å². The minimum absolute atomic E-state index is 0.0468. The Balaban J connectivity index is 1.33. The standard InChI is InChI=1S/C22H22FNO6/c1-27-22(26)14-6-8-15(9-7-14)30-16-12-28-19-10-24(11-20(19)29-13-16)21(25)17-4-2-3-5-18(17)23/h2-9,16,19-20H,10-13H2,1H3/t19-,20-/m0/s1. The Kier molecular flexibility index (Phi) is 5.96. The Hall–Kier alpha value is -2.97. The molecule has 2 aromatic carbocycles. The van der Waals surface area contributed by atoms with Crippen LogP contribution in [0.2, 0.25) is 0 Å². The van der Waals surface area contributed by atoms with Crippen molar-refractivity contribution in [1.82, 2.24) is 4.90 Å². The zero-order valence-electron chi connectivity index (χ0n) is 16.5. The molecule has 158 valence electrons. The second-order valence-corrected chi connectivity index (χ2v) is 7.19. The van der Waals surface area contributed by atoms with E-state index in [1.807, 2.05) is 0 Å². The normalized spacial score (nSPS) is 21.6. The molecular formula is C22H22FNO6. The van der Waals surface area contributed by atoms with Crippen molar-refractivity contribution in [2.45, 2.75) is 18.3 Å². The predicted octanol–water partition coefficient (Wildman–Crippen LogP) is 2.30. The van der Waals surface area contributed by atoms with Crippen molar-refractivity contribution in [1.29, 1.82) is 0 Å². The van der Waals surface area contributed by atoms with Gasteiger partial charge >= 0.3 is 5.97 Å². The Labute approximate surface area is 173 Å². The number of amides is 1. The molecule has 2 atom stereocenters. The van der Waals surface area contributed by atoms with E-state index in [9.17, 15) is 14.0 Å². The molecule has 4 rings (SSSR count). The number of carbonyl (C=O) groups excluding carboxylic acids is 2. The number of ether oxygens (including phenoxy) is 4. The van der Waals surface area contributed by atoms with E-state index in [4.69, 9.17) is 14.2 Å². The molecule has 0 spiro atoms. The van der Waals surface area contributed by atoms with Gasteiger partial charge < -0.3 is 23.8 Å². The van der Waals surface area contributed by atoms with Crippen LogP contribution in [0, 0.1) is 5.82 Å². The smallest absolute Gasteiger partial charge is 0.337 e. The van der Waals surface area contributed by atoms with E-state index >= 15 is 0 Å². The van der Waals surface area contributed by atoms with Crippen molar-refractivity contribution in [3.63, 3.8) is 0 Å². The average Bonchev–Trinajstić information content (AvgIpc) is 3.09. The number of likely N-dealkylation sites (tertiary alicyclic amines) is 1. The maximum absolute atomic E-state index is 13.9. The van der Waals surface area contributed by atoms with Gasteiger partial charge in [0.1, 0.15) is 29.9 Å². The Morgan fingerprint density at radius 2 is 1.63 bits per heavy atom. The van der Waals surface area contributed by atoms with Crippen LogP contribution in [0.3, 0.4) is 0 Å². The third-order valence-electron chi connectivity index (χ3n) is 5.18. The van der Waals surface area contributed by atoms with Crippen LogP contribution >= 0.6 is 0 Å². The van der Waals surface area contributed by atoms with Gasteiger partial charge in [0.15, 0.2) is 0 Å². The number of hydrogen-bond donors (Lipinski definition) is 0. The van der Waals surface area contributed by atoms with Gasteiger partial charge in [0.25, 0.3) is 5.91 Å². The molecule has 0 unspecified atom stereocenters. The first kappa shape index (κ1) is 20.3. The summed E-state index contributed by atoms with van der Waals surface area (Å²) >= 11 is 0. The number of methoxy groups -OCH3 is 1. The summed E-state index contributed by atoms with van der Waals surface area (Å²) in [5, 5.41) is 0. The van der Waals surface area contributed by atoms with Crippen molar-refractivity contribution in [2.75, 3.05) is 33.4 Å². The van der Waals surface area contributed by atoms with Crippen LogP contribution in [-0.4, -0.2) is 68.5 Å². The molecule has 0 radical (unpaired) electrons. The lowest BCUT2D eigenvalue weighted by Crippen LogP contribution is -2.33. The highest BCUT2D eigenvalue weighted by molar-refractivity contribution is 5.94. The number of carbonyl (C=O) groups is 2. The van der Waals surface area contributed by atoms with Gasteiger partial charge in [-0.25, -0.2) is 9.18 Å². The van der Waals surface area contributed by atoms with Crippen LogP contribution in [-0.2, 0) is 14.2 Å². The summed E-state index contributed by atoms with van der Waals surface area (Å²) in [6, 6.07) is 12.6. The summed E-state index contributed by atoms with van der Waals surface area (Å²) in [5.41, 5.74) is 0.484. The number of halogens is 1. The van der Waals surface area contributed by atoms with Crippen molar-refractivity contribution >= 4 is 11.9 Å². The fraction of sp³-hybridized carbons (Fsp3) is 0.364. The summed E-state index contributed by atoms with van der Waals surface area (Å²) in [7, 11) is 1.33. The van der Waals surface area contributed by atoms with Crippen LogP contribution in [0.5, 0.6) is 5.75 Å². The third kappa shape index (κ3) is 4.29. The number of esters is 1. The molecule has 7 nitrogen and oxygen atoms in total. The van der Waals surface area contributed by atoms with E-state index in [1.54, 1.807) is 41.3 Å². The third-order valence-corrected chi connectivity index (χ3v) is 5.18. The van der Waals surface area contributed by atoms with E-state index in [2.05, 4.69) is 4.74 Å². The van der Waals surface area contributed by atoms with Gasteiger partial charge in [0.2, 0.25) is 0 Å². The maximum atomic E-state index is 13.9. The largest absolute Gasteiger partial charge is 0.486 e. The summed E-state index contributed by atoms with van der Waals surface area (Å²) in [6.07, 6.45) is -0.914. The molecule has 2 aliphatic heterocycles. The van der Waals surface area contributed by atoms with Crippen LogP contribution < -0.4 is 4.74 Å². The van der Waals surface area contributed by atoms with Gasteiger partial charge in [-0.1, -0.05) is 12.1 Å². The molecular weight excluding hydrogens is 393 g/mol. The molecule has 0 saturated carbocycles. The van der Waals surface area contributed by atoms with Gasteiger partial charge in [0, 0.05) is 13.1 Å². The predicted molar refractivity (Wildman–Crippen MR) is 104 cm³/mol. The highest BCUT2D eigenvalue weighted by Crippen LogP contribution is 2.24. The van der Waals surface area contributed by atoms with Crippen molar-refractivity contribution < 1.29 is 32.9 Å². The van der Waals surface area contributed by atoms with E-state index in [-0.39, 0.29) is 29.8 Å². The number of benzene rings is 2. The first-order valence-corrected chi connectivity index (χ1v) is 9.67. The molecule has 0 N–H and O–H groups in total. The number of fused-ring (bicyclic) bond motifs is 1. The summed E-state index contributed by atoms with van der Waals surface area (Å²) in [4.78, 5) is 25.7. The average molecular weight is 415 g/mol. The SMILES string of the molecule is COC(=O)c1ccc(OC2CO[C@H]3CN(C(=O)c4ccccc4F)C[C@@H]3OC2)cc1. The molecule has 0 aliphatic carbocycles. The fourth-order valence-electron chi connectivity index (χ4n) is 3.59. The second kappa shape index (κ2) is 8.81. The van der Waals surface area contributed by atoms with E-state index in [0.717, 1.165) is 0 Å². The summed E-state index contributed by atoms with van der Waals surface area (Å²) < 4.78 is 36.3. The molecule has 2 fully saturated rings. The molecule has 2 heterocycles. The van der Waals surface area contributed by atoms with Crippen molar-refractivity contribution in [3.8, 4) is 5.75 Å². The highest BCUT2D eigenvalue weighted by Gasteiger charge is 2.40. The zero-order chi connectivity index (χ0) is 21.1. The number of rotatable bonds is 4. The molecule has 0 bridgehead atoms. The van der Waals surface area contributed by atoms with Gasteiger partial charge in [-0.2, -0.15) is 0 Å². The Morgan fingerprint density at radius 1 is 1.00 bits per heavy atom. The lowest BCUT2D eigenvalue weighted by molar-refractivity contribution is -0.00461. The molecule has 8 heteroatoms. The van der Waals surface area contributed by atoms with E-state index < -0.39 is 11.8 Å². The Bertz CT molecular complexity index is 902. The van der Waals surface area contributed by atoms with Crippen LogP contribution in [0.25, 0.3) is 0 Å². The minimum atomic E-state index is -0.539. The monoisotopic (exact) mass is 415 g/mol. The number of nitrogens with zero attached hydrogens (tertiary/aromatic N) is 1. The molecule has 30 heavy (non-hydrogen) atoms. The van der Waals surface area contributed by atoms with Gasteiger partial charge in [-0.15, -0.1) is 0 Å². The van der Waals surface area contributed by atoms with Gasteiger partial charge in [-0.3, -0.25) is 4.79 Å². The van der Waals surface area contributed by atoms with Gasteiger partial charge in [0.05, 0.1) is 31.5 Å². The summed E-state index contributed by atoms with van der Waals surface area (Å²) in [5.74, 6) is -0.733. The highest BCUT2D eigenvalue weighted by atomic mass is 19.1. The summed E-state index contributed by atoms with van der Waals surface area (Å²) in [6.45, 7) is 1.25. The molecule has 2 saturated heterocycles. The van der Waals surface area contributed by atoms with Crippen LogP contribution in [0.4, 0.5) is 4.39 Å². The maximum Gasteiger partial charge on any atom is 0.337 e. The van der Waals surface area contributed by atoms with E-state index in [0.29, 0.717) is 37.6 Å². The molecule has 1 amide bonds. The topological polar surface area (TPSA) is 74.3 Å². The molecule has 2 aromatic rings. The Morgan fingerprint density at radius 3 is 2.23 bits per heavy atom. The quantitative estimate of drug-likeness (QED) is 0.714. The second-order valence-electron chi connectivity index (χ2n) is 7.19. The first-order chi connectivity index (χ1) is 14.5. The van der Waals surface area contributed by atoms with Crippen LogP contribution in [0.1, 0.15) is 20.7 Å². The fourth-order valence-corrected chi connectivity index (χ4v) is 3.59. The first-order valence-electron chi connectivity index (χ1n) is 9.67. The zero-order valence-corrected chi connectivity index (χ0v) is 16.5. The number of hydrogen-bond acceptors (Lipinski definition) is 6. The van der Waals surface area contributed by atoms with Crippen molar-refractivity contribution in [3.05, 3.63) is 65.5 Å². The van der Waals surface area contributed by atoms with Crippen molar-refractivity contribution in [2.24, 2.45) is 0 Å². The minimum Gasteiger partial charge on any atom is -0.486 e. The van der Waals surface area contributed by atoms with Crippen LogP contribution in [0.15, 0.2) is 48.5 Å². The molecule has 0 aromatic heterocycles. The van der Waals surface area contributed by atoms with E-state index in [1.165, 1.54) is 19.2 Å².